The van der Waals surface area contributed by atoms with Crippen molar-refractivity contribution in [2.24, 2.45) is 0 Å². The highest BCUT2D eigenvalue weighted by atomic mass is 32.1. The molecule has 20 heavy (non-hydrogen) atoms. The van der Waals surface area contributed by atoms with Gasteiger partial charge in [0.1, 0.15) is 5.60 Å². The molecular weight excluding hydrogens is 272 g/mol. The Kier molecular flexibility index (Phi) is 4.70. The quantitative estimate of drug-likeness (QED) is 0.901. The Labute approximate surface area is 124 Å². The summed E-state index contributed by atoms with van der Waals surface area (Å²) in [5.74, 6) is 0. The topological polar surface area (TPSA) is 52.6 Å². The maximum atomic E-state index is 12.3. The number of aliphatic hydroxyl groups is 1. The van der Waals surface area contributed by atoms with Gasteiger partial charge in [-0.15, -0.1) is 0 Å². The van der Waals surface area contributed by atoms with Crippen molar-refractivity contribution in [2.45, 2.75) is 57.7 Å². The number of hydrogen-bond acceptors (Lipinski definition) is 3. The second-order valence-corrected chi connectivity index (χ2v) is 6.76. The van der Waals surface area contributed by atoms with Crippen molar-refractivity contribution in [3.8, 4) is 0 Å². The lowest BCUT2D eigenvalue weighted by molar-refractivity contribution is 0.0540. The molecule has 2 N–H and O–H groups in total. The summed E-state index contributed by atoms with van der Waals surface area (Å²) in [5.41, 5.74) is -0.166. The van der Waals surface area contributed by atoms with Crippen LogP contribution in [0.3, 0.4) is 0 Å². The highest BCUT2D eigenvalue weighted by molar-refractivity contribution is 7.08. The van der Waals surface area contributed by atoms with E-state index in [0.717, 1.165) is 18.4 Å². The van der Waals surface area contributed by atoms with Crippen molar-refractivity contribution in [3.63, 3.8) is 0 Å². The molecule has 1 aliphatic heterocycles. The van der Waals surface area contributed by atoms with E-state index in [2.05, 4.69) is 19.2 Å². The summed E-state index contributed by atoms with van der Waals surface area (Å²) in [6.07, 6.45) is 3.29. The lowest BCUT2D eigenvalue weighted by Gasteiger charge is -2.39. The number of urea groups is 1. The molecule has 1 aromatic heterocycles. The molecule has 0 spiro atoms. The summed E-state index contributed by atoms with van der Waals surface area (Å²) in [4.78, 5) is 14.3. The van der Waals surface area contributed by atoms with Gasteiger partial charge < -0.3 is 15.3 Å². The summed E-state index contributed by atoms with van der Waals surface area (Å²) < 4.78 is 0. The molecular formula is C15H24N2O2S. The smallest absolute Gasteiger partial charge is 0.317 e. The second kappa shape index (κ2) is 6.14. The van der Waals surface area contributed by atoms with Crippen LogP contribution >= 0.6 is 11.3 Å². The molecule has 2 amide bonds. The van der Waals surface area contributed by atoms with Gasteiger partial charge in [-0.2, -0.15) is 11.3 Å². The molecule has 0 bridgehead atoms. The molecule has 0 saturated carbocycles. The largest absolute Gasteiger partial charge is 0.384 e. The van der Waals surface area contributed by atoms with E-state index < -0.39 is 5.60 Å². The van der Waals surface area contributed by atoms with E-state index in [1.54, 1.807) is 18.3 Å². The minimum absolute atomic E-state index is 0.0693. The lowest BCUT2D eigenvalue weighted by Crippen LogP contribution is -2.53. The predicted octanol–water partition coefficient (Wildman–Crippen LogP) is 2.93. The van der Waals surface area contributed by atoms with Crippen molar-refractivity contribution < 1.29 is 9.90 Å². The summed E-state index contributed by atoms with van der Waals surface area (Å²) in [5, 5.41) is 17.2. The van der Waals surface area contributed by atoms with Gasteiger partial charge in [0.2, 0.25) is 0 Å². The van der Waals surface area contributed by atoms with Crippen LogP contribution in [0.15, 0.2) is 16.8 Å². The van der Waals surface area contributed by atoms with E-state index in [1.807, 2.05) is 21.7 Å². The van der Waals surface area contributed by atoms with Crippen LogP contribution in [0.2, 0.25) is 0 Å². The van der Waals surface area contributed by atoms with Gasteiger partial charge >= 0.3 is 6.03 Å². The number of rotatable bonds is 3. The first-order valence-electron chi connectivity index (χ1n) is 7.23. The van der Waals surface area contributed by atoms with Crippen LogP contribution in [0.4, 0.5) is 4.79 Å². The zero-order valence-corrected chi connectivity index (χ0v) is 13.2. The average molecular weight is 296 g/mol. The Morgan fingerprint density at radius 2 is 2.15 bits per heavy atom. The normalized spacial score (nSPS) is 26.1. The van der Waals surface area contributed by atoms with Crippen molar-refractivity contribution in [3.05, 3.63) is 22.4 Å². The number of amides is 2. The van der Waals surface area contributed by atoms with Crippen LogP contribution in [0, 0.1) is 0 Å². The summed E-state index contributed by atoms with van der Waals surface area (Å²) >= 11 is 1.55. The van der Waals surface area contributed by atoms with Gasteiger partial charge in [0, 0.05) is 12.1 Å². The molecule has 0 radical (unpaired) electrons. The predicted molar refractivity (Wildman–Crippen MR) is 81.9 cm³/mol. The number of hydrogen-bond donors (Lipinski definition) is 2. The third-order valence-corrected chi connectivity index (χ3v) is 4.84. The first kappa shape index (κ1) is 15.3. The molecule has 3 unspecified atom stereocenters. The lowest BCUT2D eigenvalue weighted by atomic mass is 9.97. The molecule has 5 heteroatoms. The molecule has 1 aliphatic rings. The summed E-state index contributed by atoms with van der Waals surface area (Å²) in [7, 11) is 0. The number of piperidine rings is 1. The van der Waals surface area contributed by atoms with E-state index in [4.69, 9.17) is 0 Å². The number of likely N-dealkylation sites (tertiary alicyclic amines) is 1. The Bertz CT molecular complexity index is 435. The van der Waals surface area contributed by atoms with E-state index in [1.165, 1.54) is 6.42 Å². The standard InChI is InChI=1S/C15H24N2O2S/c1-11-5-4-6-12(2)17(11)14(18)16-10-15(3,19)13-7-8-20-9-13/h7-9,11-12,19H,4-6,10H2,1-3H3,(H,16,18). The maximum absolute atomic E-state index is 12.3. The molecule has 1 aromatic rings. The van der Waals surface area contributed by atoms with Crippen molar-refractivity contribution in [1.29, 1.82) is 0 Å². The SMILES string of the molecule is CC1CCCC(C)N1C(=O)NCC(C)(O)c1ccsc1. The van der Waals surface area contributed by atoms with Gasteiger partial charge in [0.25, 0.3) is 0 Å². The number of nitrogens with one attached hydrogen (secondary N) is 1. The molecule has 0 aromatic carbocycles. The van der Waals surface area contributed by atoms with Crippen LogP contribution in [-0.2, 0) is 5.60 Å². The minimum atomic E-state index is -1.02. The first-order chi connectivity index (χ1) is 9.42. The number of carbonyl (C=O) groups is 1. The fourth-order valence-corrected chi connectivity index (χ4v) is 3.62. The zero-order valence-electron chi connectivity index (χ0n) is 12.4. The van der Waals surface area contributed by atoms with Gasteiger partial charge in [-0.1, -0.05) is 0 Å². The highest BCUT2D eigenvalue weighted by Gasteiger charge is 2.31. The Hall–Kier alpha value is -1.07. The van der Waals surface area contributed by atoms with Gasteiger partial charge in [0.15, 0.2) is 0 Å². The van der Waals surface area contributed by atoms with Gasteiger partial charge in [-0.25, -0.2) is 4.79 Å². The van der Waals surface area contributed by atoms with Gasteiger partial charge in [0.05, 0.1) is 6.54 Å². The van der Waals surface area contributed by atoms with Crippen LogP contribution in [0.1, 0.15) is 45.6 Å². The van der Waals surface area contributed by atoms with Gasteiger partial charge in [-0.3, -0.25) is 0 Å². The molecule has 0 aliphatic carbocycles. The summed E-state index contributed by atoms with van der Waals surface area (Å²) in [6.45, 7) is 6.15. The van der Waals surface area contributed by atoms with Crippen molar-refractivity contribution >= 4 is 17.4 Å². The van der Waals surface area contributed by atoms with Crippen LogP contribution in [-0.4, -0.2) is 34.7 Å². The van der Waals surface area contributed by atoms with Crippen LogP contribution < -0.4 is 5.32 Å². The summed E-state index contributed by atoms with van der Waals surface area (Å²) in [6, 6.07) is 2.36. The number of thiophene rings is 1. The van der Waals surface area contributed by atoms with Gasteiger partial charge in [-0.05, 0) is 62.4 Å². The number of nitrogens with zero attached hydrogens (tertiary/aromatic N) is 1. The Balaban J connectivity index is 1.94. The second-order valence-electron chi connectivity index (χ2n) is 5.98. The fourth-order valence-electron chi connectivity index (χ4n) is 2.83. The molecule has 3 atom stereocenters. The first-order valence-corrected chi connectivity index (χ1v) is 8.17. The molecule has 1 saturated heterocycles. The third-order valence-electron chi connectivity index (χ3n) is 4.15. The van der Waals surface area contributed by atoms with E-state index in [0.29, 0.717) is 0 Å². The molecule has 1 fully saturated rings. The maximum Gasteiger partial charge on any atom is 0.317 e. The molecule has 2 heterocycles. The van der Waals surface area contributed by atoms with Crippen molar-refractivity contribution in [2.75, 3.05) is 6.54 Å². The Morgan fingerprint density at radius 1 is 1.50 bits per heavy atom. The molecule has 4 nitrogen and oxygen atoms in total. The zero-order chi connectivity index (χ0) is 14.8. The fraction of sp³-hybridized carbons (Fsp3) is 0.667. The van der Waals surface area contributed by atoms with E-state index in [-0.39, 0.29) is 24.7 Å². The monoisotopic (exact) mass is 296 g/mol. The van der Waals surface area contributed by atoms with E-state index in [9.17, 15) is 9.90 Å². The highest BCUT2D eigenvalue weighted by Crippen LogP contribution is 2.24. The minimum Gasteiger partial charge on any atom is -0.384 e. The third kappa shape index (κ3) is 3.33. The van der Waals surface area contributed by atoms with Crippen molar-refractivity contribution in [1.82, 2.24) is 10.2 Å². The van der Waals surface area contributed by atoms with Crippen LogP contribution in [0.5, 0.6) is 0 Å². The molecule has 2 rings (SSSR count). The Morgan fingerprint density at radius 3 is 2.70 bits per heavy atom. The van der Waals surface area contributed by atoms with Crippen LogP contribution in [0.25, 0.3) is 0 Å². The van der Waals surface area contributed by atoms with E-state index >= 15 is 0 Å². The molecule has 112 valence electrons. The number of carbonyl (C=O) groups excluding carboxylic acids is 1. The average Bonchev–Trinajstić information content (AvgIpc) is 2.91.